The van der Waals surface area contributed by atoms with Crippen molar-refractivity contribution in [3.63, 3.8) is 0 Å². The summed E-state index contributed by atoms with van der Waals surface area (Å²) in [5.41, 5.74) is 0.688. The average molecular weight is 293 g/mol. The number of hydrogen-bond acceptors (Lipinski definition) is 5. The molecular formula is C14H23N5O2. The highest BCUT2D eigenvalue weighted by Crippen LogP contribution is 2.41. The topological polar surface area (TPSA) is 76.2 Å². The lowest BCUT2D eigenvalue weighted by molar-refractivity contribution is -0.384. The molecule has 1 aliphatic carbocycles. The van der Waals surface area contributed by atoms with E-state index in [2.05, 4.69) is 15.3 Å². The van der Waals surface area contributed by atoms with Crippen LogP contribution in [0, 0.1) is 17.0 Å². The van der Waals surface area contributed by atoms with Gasteiger partial charge in [0, 0.05) is 26.7 Å². The zero-order valence-electron chi connectivity index (χ0n) is 12.8. The summed E-state index contributed by atoms with van der Waals surface area (Å²) in [6, 6.07) is 0. The quantitative estimate of drug-likeness (QED) is 0.664. The molecule has 0 unspecified atom stereocenters. The molecule has 21 heavy (non-hydrogen) atoms. The van der Waals surface area contributed by atoms with Gasteiger partial charge in [0.2, 0.25) is 5.82 Å². The maximum atomic E-state index is 11.5. The van der Waals surface area contributed by atoms with Crippen molar-refractivity contribution < 1.29 is 4.92 Å². The van der Waals surface area contributed by atoms with Crippen LogP contribution < -0.4 is 10.2 Å². The van der Waals surface area contributed by atoms with E-state index in [0.717, 1.165) is 32.5 Å². The Kier molecular flexibility index (Phi) is 3.61. The van der Waals surface area contributed by atoms with Crippen LogP contribution in [-0.2, 0) is 7.05 Å². The highest BCUT2D eigenvalue weighted by atomic mass is 16.6. The lowest BCUT2D eigenvalue weighted by Crippen LogP contribution is -2.62. The molecule has 1 saturated carbocycles. The molecule has 1 aliphatic heterocycles. The number of hydrogen-bond donors (Lipinski definition) is 1. The third-order valence-corrected chi connectivity index (χ3v) is 4.92. The van der Waals surface area contributed by atoms with Gasteiger partial charge in [-0.2, -0.15) is 5.10 Å². The fourth-order valence-electron chi connectivity index (χ4n) is 3.98. The number of nitrogens with zero attached hydrogens (tertiary/aromatic N) is 4. The number of nitrogens with one attached hydrogen (secondary N) is 1. The molecule has 0 atom stereocenters. The van der Waals surface area contributed by atoms with E-state index in [4.69, 9.17) is 0 Å². The van der Waals surface area contributed by atoms with Crippen LogP contribution in [0.4, 0.5) is 11.5 Å². The van der Waals surface area contributed by atoms with Gasteiger partial charge in [0.15, 0.2) is 0 Å². The van der Waals surface area contributed by atoms with Gasteiger partial charge in [-0.05, 0) is 19.8 Å². The Hall–Kier alpha value is -1.63. The number of piperazine rings is 1. The first-order chi connectivity index (χ1) is 10.1. The fraction of sp³-hybridized carbons (Fsp3) is 0.786. The standard InChI is InChI=1S/C14H23N5O2/c1-11-12(19(20)21)13(17(2)16-11)18-9-8-15-10-14(18)6-4-3-5-7-14/h15H,3-10H2,1-2H3. The monoisotopic (exact) mass is 293 g/mol. The summed E-state index contributed by atoms with van der Waals surface area (Å²) in [5.74, 6) is 0.681. The molecule has 2 aliphatic rings. The molecule has 116 valence electrons. The number of anilines is 1. The van der Waals surface area contributed by atoms with Crippen LogP contribution in [0.25, 0.3) is 0 Å². The van der Waals surface area contributed by atoms with E-state index in [9.17, 15) is 10.1 Å². The minimum Gasteiger partial charge on any atom is -0.343 e. The fourth-order valence-corrected chi connectivity index (χ4v) is 3.98. The van der Waals surface area contributed by atoms with Crippen LogP contribution in [0.15, 0.2) is 0 Å². The molecule has 0 amide bonds. The molecule has 7 nitrogen and oxygen atoms in total. The molecule has 1 saturated heterocycles. The number of nitro groups is 1. The van der Waals surface area contributed by atoms with E-state index in [1.165, 1.54) is 19.3 Å². The summed E-state index contributed by atoms with van der Waals surface area (Å²) in [6.45, 7) is 4.30. The second-order valence-corrected chi connectivity index (χ2v) is 6.25. The Morgan fingerprint density at radius 3 is 2.71 bits per heavy atom. The first-order valence-corrected chi connectivity index (χ1v) is 7.71. The smallest absolute Gasteiger partial charge is 0.333 e. The molecule has 2 heterocycles. The molecule has 1 aromatic rings. The predicted molar refractivity (Wildman–Crippen MR) is 80.6 cm³/mol. The van der Waals surface area contributed by atoms with Crippen LogP contribution in [0.5, 0.6) is 0 Å². The van der Waals surface area contributed by atoms with Crippen LogP contribution in [0.3, 0.4) is 0 Å². The van der Waals surface area contributed by atoms with E-state index in [0.29, 0.717) is 11.5 Å². The Labute approximate surface area is 124 Å². The van der Waals surface area contributed by atoms with E-state index in [1.807, 2.05) is 7.05 Å². The predicted octanol–water partition coefficient (Wildman–Crippen LogP) is 1.75. The van der Waals surface area contributed by atoms with Gasteiger partial charge in [0.25, 0.3) is 0 Å². The Bertz CT molecular complexity index is 540. The Morgan fingerprint density at radius 1 is 1.33 bits per heavy atom. The molecule has 2 fully saturated rings. The lowest BCUT2D eigenvalue weighted by Gasteiger charge is -2.50. The largest absolute Gasteiger partial charge is 0.343 e. The maximum Gasteiger partial charge on any atom is 0.333 e. The SMILES string of the molecule is Cc1nn(C)c(N2CCNCC23CCCCC3)c1[N+](=O)[O-]. The second-order valence-electron chi connectivity index (χ2n) is 6.25. The second kappa shape index (κ2) is 5.29. The van der Waals surface area contributed by atoms with Gasteiger partial charge < -0.3 is 10.2 Å². The van der Waals surface area contributed by atoms with Gasteiger partial charge in [0.1, 0.15) is 5.69 Å². The molecule has 7 heteroatoms. The van der Waals surface area contributed by atoms with Gasteiger partial charge in [-0.15, -0.1) is 0 Å². The molecule has 0 radical (unpaired) electrons. The summed E-state index contributed by atoms with van der Waals surface area (Å²) < 4.78 is 1.69. The van der Waals surface area contributed by atoms with Crippen LogP contribution in [-0.4, -0.2) is 39.9 Å². The van der Waals surface area contributed by atoms with Crippen molar-refractivity contribution in [1.82, 2.24) is 15.1 Å². The van der Waals surface area contributed by atoms with Crippen LogP contribution >= 0.6 is 0 Å². The minimum absolute atomic E-state index is 0.0154. The third-order valence-electron chi connectivity index (χ3n) is 4.92. The number of rotatable bonds is 2. The Morgan fingerprint density at radius 2 is 2.05 bits per heavy atom. The van der Waals surface area contributed by atoms with Crippen LogP contribution in [0.1, 0.15) is 37.8 Å². The molecule has 0 aromatic carbocycles. The van der Waals surface area contributed by atoms with Crippen molar-refractivity contribution in [3.05, 3.63) is 15.8 Å². The van der Waals surface area contributed by atoms with Crippen LogP contribution in [0.2, 0.25) is 0 Å². The summed E-state index contributed by atoms with van der Waals surface area (Å²) in [4.78, 5) is 13.5. The van der Waals surface area contributed by atoms with Crippen molar-refractivity contribution in [2.45, 2.75) is 44.6 Å². The van der Waals surface area contributed by atoms with Gasteiger partial charge in [-0.3, -0.25) is 10.1 Å². The summed E-state index contributed by atoms with van der Waals surface area (Å²) in [6.07, 6.45) is 5.86. The summed E-state index contributed by atoms with van der Waals surface area (Å²) in [5, 5.41) is 19.3. The van der Waals surface area contributed by atoms with Gasteiger partial charge in [0.05, 0.1) is 10.5 Å². The van der Waals surface area contributed by atoms with E-state index < -0.39 is 0 Å². The molecular weight excluding hydrogens is 270 g/mol. The number of aryl methyl sites for hydroxylation is 2. The molecule has 0 bridgehead atoms. The van der Waals surface area contributed by atoms with Crippen molar-refractivity contribution in [2.75, 3.05) is 24.5 Å². The Balaban J connectivity index is 2.06. The van der Waals surface area contributed by atoms with Crippen molar-refractivity contribution >= 4 is 11.5 Å². The normalized spacial score (nSPS) is 21.7. The van der Waals surface area contributed by atoms with Crippen molar-refractivity contribution in [2.24, 2.45) is 7.05 Å². The lowest BCUT2D eigenvalue weighted by atomic mass is 9.79. The van der Waals surface area contributed by atoms with Crippen molar-refractivity contribution in [1.29, 1.82) is 0 Å². The highest BCUT2D eigenvalue weighted by molar-refractivity contribution is 5.63. The highest BCUT2D eigenvalue weighted by Gasteiger charge is 2.44. The zero-order chi connectivity index (χ0) is 15.0. The maximum absolute atomic E-state index is 11.5. The summed E-state index contributed by atoms with van der Waals surface area (Å²) in [7, 11) is 1.81. The minimum atomic E-state index is -0.282. The molecule has 3 rings (SSSR count). The molecule has 1 aromatic heterocycles. The van der Waals surface area contributed by atoms with Gasteiger partial charge in [-0.25, -0.2) is 4.68 Å². The van der Waals surface area contributed by atoms with Gasteiger partial charge >= 0.3 is 5.69 Å². The molecule has 1 spiro atoms. The van der Waals surface area contributed by atoms with Gasteiger partial charge in [-0.1, -0.05) is 19.3 Å². The zero-order valence-corrected chi connectivity index (χ0v) is 12.8. The molecule has 1 N–H and O–H groups in total. The first kappa shape index (κ1) is 14.3. The van der Waals surface area contributed by atoms with E-state index in [-0.39, 0.29) is 16.1 Å². The van der Waals surface area contributed by atoms with Crippen molar-refractivity contribution in [3.8, 4) is 0 Å². The van der Waals surface area contributed by atoms with E-state index >= 15 is 0 Å². The third kappa shape index (κ3) is 2.29. The average Bonchev–Trinajstić information content (AvgIpc) is 2.75. The number of aromatic nitrogens is 2. The first-order valence-electron chi connectivity index (χ1n) is 7.71. The van der Waals surface area contributed by atoms with E-state index in [1.54, 1.807) is 11.6 Å². The summed E-state index contributed by atoms with van der Waals surface area (Å²) >= 11 is 0.